The van der Waals surface area contributed by atoms with Crippen molar-refractivity contribution in [3.8, 4) is 5.75 Å². The van der Waals surface area contributed by atoms with Crippen molar-refractivity contribution in [3.05, 3.63) is 65.7 Å². The Balaban J connectivity index is 1.62. The van der Waals surface area contributed by atoms with Crippen LogP contribution in [0.5, 0.6) is 5.75 Å². The third-order valence-electron chi connectivity index (χ3n) is 4.16. The van der Waals surface area contributed by atoms with Gasteiger partial charge < -0.3 is 20.3 Å². The van der Waals surface area contributed by atoms with Crippen molar-refractivity contribution in [1.82, 2.24) is 5.32 Å². The molecule has 1 atom stereocenters. The van der Waals surface area contributed by atoms with Crippen LogP contribution in [-0.2, 0) is 17.6 Å². The predicted octanol–water partition coefficient (Wildman–Crippen LogP) is 2.67. The number of aliphatic hydroxyl groups is 1. The van der Waals surface area contributed by atoms with Gasteiger partial charge in [0, 0.05) is 0 Å². The summed E-state index contributed by atoms with van der Waals surface area (Å²) >= 11 is 0. The van der Waals surface area contributed by atoms with Gasteiger partial charge in [-0.2, -0.15) is 0 Å². The smallest absolute Gasteiger partial charge is 0.323 e. The van der Waals surface area contributed by atoms with Gasteiger partial charge in [-0.3, -0.25) is 4.79 Å². The zero-order valence-corrected chi connectivity index (χ0v) is 14.9. The first-order chi connectivity index (χ1) is 12.7. The molecule has 2 aromatic rings. The highest BCUT2D eigenvalue weighted by Crippen LogP contribution is 2.14. The van der Waals surface area contributed by atoms with Crippen LogP contribution in [0.25, 0.3) is 0 Å². The Labute approximate surface area is 154 Å². The van der Waals surface area contributed by atoms with Crippen LogP contribution in [0, 0.1) is 0 Å². The largest absolute Gasteiger partial charge is 0.494 e. The molecule has 5 heteroatoms. The molecule has 0 aromatic heterocycles. The fourth-order valence-electron chi connectivity index (χ4n) is 2.66. The van der Waals surface area contributed by atoms with E-state index in [0.29, 0.717) is 13.2 Å². The Bertz CT molecular complexity index is 643. The number of hydrogen-bond donors (Lipinski definition) is 3. The molecule has 0 saturated heterocycles. The molecule has 0 radical (unpaired) electrons. The van der Waals surface area contributed by atoms with E-state index in [1.807, 2.05) is 30.3 Å². The van der Waals surface area contributed by atoms with Crippen LogP contribution >= 0.6 is 0 Å². The summed E-state index contributed by atoms with van der Waals surface area (Å²) in [5.41, 5.74) is 2.51. The van der Waals surface area contributed by atoms with Crippen molar-refractivity contribution < 1.29 is 19.7 Å². The third kappa shape index (κ3) is 7.25. The van der Waals surface area contributed by atoms with Gasteiger partial charge in [0.25, 0.3) is 0 Å². The van der Waals surface area contributed by atoms with Gasteiger partial charge in [-0.25, -0.2) is 0 Å². The number of hydrogen-bond acceptors (Lipinski definition) is 4. The number of aryl methyl sites for hydroxylation is 2. The lowest BCUT2D eigenvalue weighted by Gasteiger charge is -2.11. The zero-order valence-electron chi connectivity index (χ0n) is 14.9. The standard InChI is InChI=1S/C21H27NO4/c23-16-20(21(24)25)22-14-4-8-18-10-12-19(13-11-18)26-15-5-9-17-6-2-1-3-7-17/h1-3,6-7,10-13,20,22-23H,4-5,8-9,14-16H2,(H,24,25). The van der Waals surface area contributed by atoms with Crippen LogP contribution in [-0.4, -0.2) is 42.0 Å². The highest BCUT2D eigenvalue weighted by atomic mass is 16.5. The number of nitrogens with one attached hydrogen (secondary N) is 1. The third-order valence-corrected chi connectivity index (χ3v) is 4.16. The van der Waals surface area contributed by atoms with E-state index < -0.39 is 18.6 Å². The number of carboxylic acids is 1. The first-order valence-corrected chi connectivity index (χ1v) is 9.02. The van der Waals surface area contributed by atoms with Gasteiger partial charge in [0.05, 0.1) is 13.2 Å². The fourth-order valence-corrected chi connectivity index (χ4v) is 2.66. The Kier molecular flexibility index (Phi) is 8.66. The molecule has 5 nitrogen and oxygen atoms in total. The molecule has 140 valence electrons. The average Bonchev–Trinajstić information content (AvgIpc) is 2.67. The maximum Gasteiger partial charge on any atom is 0.323 e. The van der Waals surface area contributed by atoms with Gasteiger partial charge >= 0.3 is 5.97 Å². The maximum atomic E-state index is 10.8. The van der Waals surface area contributed by atoms with Crippen molar-refractivity contribution in [3.63, 3.8) is 0 Å². The van der Waals surface area contributed by atoms with Crippen molar-refractivity contribution in [1.29, 1.82) is 0 Å². The highest BCUT2D eigenvalue weighted by molar-refractivity contribution is 5.73. The Morgan fingerprint density at radius 2 is 1.62 bits per heavy atom. The second-order valence-corrected chi connectivity index (χ2v) is 6.21. The van der Waals surface area contributed by atoms with E-state index in [-0.39, 0.29) is 0 Å². The Morgan fingerprint density at radius 3 is 2.27 bits per heavy atom. The van der Waals surface area contributed by atoms with Gasteiger partial charge in [0.15, 0.2) is 0 Å². The lowest BCUT2D eigenvalue weighted by Crippen LogP contribution is -2.40. The summed E-state index contributed by atoms with van der Waals surface area (Å²) in [7, 11) is 0. The molecular weight excluding hydrogens is 330 g/mol. The fraction of sp³-hybridized carbons (Fsp3) is 0.381. The summed E-state index contributed by atoms with van der Waals surface area (Å²) < 4.78 is 5.78. The molecule has 0 amide bonds. The molecule has 1 unspecified atom stereocenters. The Hall–Kier alpha value is -2.37. The summed E-state index contributed by atoms with van der Waals surface area (Å²) in [5.74, 6) is -0.160. The average molecular weight is 357 g/mol. The minimum Gasteiger partial charge on any atom is -0.494 e. The summed E-state index contributed by atoms with van der Waals surface area (Å²) in [6.07, 6.45) is 3.64. The van der Waals surface area contributed by atoms with Crippen molar-refractivity contribution in [2.75, 3.05) is 19.8 Å². The number of benzene rings is 2. The van der Waals surface area contributed by atoms with Gasteiger partial charge in [-0.15, -0.1) is 0 Å². The second-order valence-electron chi connectivity index (χ2n) is 6.21. The van der Waals surface area contributed by atoms with E-state index in [9.17, 15) is 4.79 Å². The first-order valence-electron chi connectivity index (χ1n) is 9.02. The number of rotatable bonds is 12. The van der Waals surface area contributed by atoms with E-state index in [2.05, 4.69) is 29.6 Å². The quantitative estimate of drug-likeness (QED) is 0.509. The molecule has 2 aromatic carbocycles. The summed E-state index contributed by atoms with van der Waals surface area (Å²) in [4.78, 5) is 10.8. The van der Waals surface area contributed by atoms with Gasteiger partial charge in [0.1, 0.15) is 11.8 Å². The number of aliphatic hydroxyl groups excluding tert-OH is 1. The summed E-state index contributed by atoms with van der Waals surface area (Å²) in [5, 5.41) is 20.6. The number of carboxylic acid groups (broad SMARTS) is 1. The van der Waals surface area contributed by atoms with E-state index in [0.717, 1.165) is 31.4 Å². The molecule has 0 spiro atoms. The molecule has 0 bridgehead atoms. The monoisotopic (exact) mass is 357 g/mol. The normalized spacial score (nSPS) is 11.9. The van der Waals surface area contributed by atoms with E-state index >= 15 is 0 Å². The molecule has 0 aliphatic rings. The van der Waals surface area contributed by atoms with Crippen molar-refractivity contribution in [2.24, 2.45) is 0 Å². The molecule has 0 saturated carbocycles. The lowest BCUT2D eigenvalue weighted by molar-refractivity contribution is -0.140. The molecule has 3 N–H and O–H groups in total. The topological polar surface area (TPSA) is 78.8 Å². The highest BCUT2D eigenvalue weighted by Gasteiger charge is 2.14. The van der Waals surface area contributed by atoms with E-state index in [1.54, 1.807) is 0 Å². The molecule has 0 aliphatic heterocycles. The van der Waals surface area contributed by atoms with Gasteiger partial charge in [-0.05, 0) is 55.5 Å². The maximum absolute atomic E-state index is 10.8. The van der Waals surface area contributed by atoms with Gasteiger partial charge in [-0.1, -0.05) is 42.5 Å². The van der Waals surface area contributed by atoms with Crippen LogP contribution < -0.4 is 10.1 Å². The summed E-state index contributed by atoms with van der Waals surface area (Å²) in [6.45, 7) is 0.844. The molecule has 0 fully saturated rings. The second kappa shape index (κ2) is 11.3. The lowest BCUT2D eigenvalue weighted by atomic mass is 10.1. The van der Waals surface area contributed by atoms with E-state index in [4.69, 9.17) is 14.9 Å². The van der Waals surface area contributed by atoms with Gasteiger partial charge in [0.2, 0.25) is 0 Å². The van der Waals surface area contributed by atoms with E-state index in [1.165, 1.54) is 11.1 Å². The minimum atomic E-state index is -1.03. The van der Waals surface area contributed by atoms with Crippen LogP contribution in [0.3, 0.4) is 0 Å². The van der Waals surface area contributed by atoms with Crippen LogP contribution in [0.15, 0.2) is 54.6 Å². The molecule has 2 rings (SSSR count). The molecule has 0 aliphatic carbocycles. The Morgan fingerprint density at radius 1 is 0.962 bits per heavy atom. The SMILES string of the molecule is O=C(O)C(CO)NCCCc1ccc(OCCCc2ccccc2)cc1. The zero-order chi connectivity index (χ0) is 18.6. The van der Waals surface area contributed by atoms with Crippen molar-refractivity contribution >= 4 is 5.97 Å². The predicted molar refractivity (Wildman–Crippen MR) is 102 cm³/mol. The number of ether oxygens (including phenoxy) is 1. The van der Waals surface area contributed by atoms with Crippen LogP contribution in [0.4, 0.5) is 0 Å². The molecule has 26 heavy (non-hydrogen) atoms. The first kappa shape index (κ1) is 19.9. The van der Waals surface area contributed by atoms with Crippen molar-refractivity contribution in [2.45, 2.75) is 31.7 Å². The van der Waals surface area contributed by atoms with Crippen LogP contribution in [0.2, 0.25) is 0 Å². The number of carbonyl (C=O) groups is 1. The van der Waals surface area contributed by atoms with Crippen LogP contribution in [0.1, 0.15) is 24.0 Å². The molecular formula is C21H27NO4. The minimum absolute atomic E-state index is 0.397. The summed E-state index contributed by atoms with van der Waals surface area (Å²) in [6, 6.07) is 17.5. The number of aliphatic carboxylic acids is 1. The molecule has 0 heterocycles.